The number of carbonyl (C=O) groups is 1. The van der Waals surface area contributed by atoms with Gasteiger partial charge in [-0.05, 0) is 31.9 Å². The van der Waals surface area contributed by atoms with Crippen molar-refractivity contribution in [3.05, 3.63) is 30.3 Å². The molecule has 1 aliphatic rings. The lowest BCUT2D eigenvalue weighted by Crippen LogP contribution is -2.42. The van der Waals surface area contributed by atoms with Crippen LogP contribution in [0, 0.1) is 0 Å². The van der Waals surface area contributed by atoms with E-state index in [0.29, 0.717) is 13.0 Å². The number of hydrogen-bond donors (Lipinski definition) is 1. The van der Waals surface area contributed by atoms with Crippen molar-refractivity contribution in [1.82, 2.24) is 0 Å². The highest BCUT2D eigenvalue weighted by Crippen LogP contribution is 2.34. The Kier molecular flexibility index (Phi) is 4.83. The average Bonchev–Trinajstić information content (AvgIpc) is 2.40. The van der Waals surface area contributed by atoms with Gasteiger partial charge in [0.05, 0.1) is 13.0 Å². The Morgan fingerprint density at radius 1 is 1.21 bits per heavy atom. The van der Waals surface area contributed by atoms with Gasteiger partial charge in [-0.3, -0.25) is 4.79 Å². The fourth-order valence-electron chi connectivity index (χ4n) is 2.89. The van der Waals surface area contributed by atoms with Gasteiger partial charge in [0.15, 0.2) is 0 Å². The maximum atomic E-state index is 11.8. The third-order valence-electron chi connectivity index (χ3n) is 3.78. The Morgan fingerprint density at radius 3 is 2.53 bits per heavy atom. The molecule has 0 amide bonds. The van der Waals surface area contributed by atoms with E-state index < -0.39 is 0 Å². The molecule has 0 atom stereocenters. The van der Waals surface area contributed by atoms with Crippen LogP contribution in [0.5, 0.6) is 0 Å². The van der Waals surface area contributed by atoms with Gasteiger partial charge in [0.2, 0.25) is 0 Å². The van der Waals surface area contributed by atoms with Crippen LogP contribution in [0.1, 0.15) is 45.4 Å². The van der Waals surface area contributed by atoms with Crippen molar-refractivity contribution in [3.8, 4) is 0 Å². The number of para-hydroxylation sites is 1. The maximum Gasteiger partial charge on any atom is 0.308 e. The molecule has 1 aliphatic carbocycles. The summed E-state index contributed by atoms with van der Waals surface area (Å²) < 4.78 is 5.13. The number of anilines is 1. The molecule has 19 heavy (non-hydrogen) atoms. The molecule has 0 saturated heterocycles. The molecule has 0 unspecified atom stereocenters. The summed E-state index contributed by atoms with van der Waals surface area (Å²) in [5.74, 6) is -0.0900. The molecule has 104 valence electrons. The normalized spacial score (nSPS) is 17.7. The van der Waals surface area contributed by atoms with E-state index in [-0.39, 0.29) is 11.5 Å². The molecule has 0 spiro atoms. The van der Waals surface area contributed by atoms with Crippen LogP contribution < -0.4 is 5.32 Å². The zero-order chi connectivity index (χ0) is 13.6. The highest BCUT2D eigenvalue weighted by Gasteiger charge is 2.34. The lowest BCUT2D eigenvalue weighted by molar-refractivity contribution is -0.144. The van der Waals surface area contributed by atoms with Gasteiger partial charge in [0.25, 0.3) is 0 Å². The number of esters is 1. The molecule has 1 fully saturated rings. The van der Waals surface area contributed by atoms with E-state index >= 15 is 0 Å². The first-order valence-corrected chi connectivity index (χ1v) is 7.23. The SMILES string of the molecule is CCOC(=O)CC1(Nc2ccccc2)CCCCC1. The van der Waals surface area contributed by atoms with Crippen LogP contribution >= 0.6 is 0 Å². The highest BCUT2D eigenvalue weighted by atomic mass is 16.5. The predicted molar refractivity (Wildman–Crippen MR) is 77.1 cm³/mol. The van der Waals surface area contributed by atoms with E-state index in [1.165, 1.54) is 19.3 Å². The third kappa shape index (κ3) is 3.98. The smallest absolute Gasteiger partial charge is 0.308 e. The number of benzene rings is 1. The van der Waals surface area contributed by atoms with Crippen molar-refractivity contribution in [3.63, 3.8) is 0 Å². The van der Waals surface area contributed by atoms with Gasteiger partial charge in [-0.25, -0.2) is 0 Å². The highest BCUT2D eigenvalue weighted by molar-refractivity contribution is 5.72. The Balaban J connectivity index is 2.08. The van der Waals surface area contributed by atoms with Gasteiger partial charge in [-0.15, -0.1) is 0 Å². The number of ether oxygens (including phenoxy) is 1. The number of hydrogen-bond acceptors (Lipinski definition) is 3. The molecule has 1 saturated carbocycles. The van der Waals surface area contributed by atoms with E-state index in [9.17, 15) is 4.79 Å². The van der Waals surface area contributed by atoms with Gasteiger partial charge in [0.1, 0.15) is 0 Å². The quantitative estimate of drug-likeness (QED) is 0.820. The summed E-state index contributed by atoms with van der Waals surface area (Å²) in [5.41, 5.74) is 0.972. The van der Waals surface area contributed by atoms with Crippen LogP contribution in [0.15, 0.2) is 30.3 Å². The molecule has 1 N–H and O–H groups in total. The van der Waals surface area contributed by atoms with Gasteiger partial charge in [-0.1, -0.05) is 37.5 Å². The van der Waals surface area contributed by atoms with E-state index in [4.69, 9.17) is 4.74 Å². The Hall–Kier alpha value is -1.51. The molecule has 3 nitrogen and oxygen atoms in total. The van der Waals surface area contributed by atoms with E-state index in [1.807, 2.05) is 25.1 Å². The predicted octanol–water partition coefficient (Wildman–Crippen LogP) is 3.75. The molecule has 2 rings (SSSR count). The van der Waals surface area contributed by atoms with Crippen molar-refractivity contribution in [1.29, 1.82) is 0 Å². The molecular formula is C16H23NO2. The molecule has 1 aromatic rings. The zero-order valence-electron chi connectivity index (χ0n) is 11.7. The second-order valence-electron chi connectivity index (χ2n) is 5.31. The van der Waals surface area contributed by atoms with Crippen LogP contribution in [0.3, 0.4) is 0 Å². The lowest BCUT2D eigenvalue weighted by atomic mass is 9.79. The Morgan fingerprint density at radius 2 is 1.89 bits per heavy atom. The Labute approximate surface area is 115 Å². The van der Waals surface area contributed by atoms with Gasteiger partial charge in [0, 0.05) is 11.2 Å². The first-order valence-electron chi connectivity index (χ1n) is 7.23. The summed E-state index contributed by atoms with van der Waals surface area (Å²) in [6.45, 7) is 2.32. The molecule has 0 heterocycles. The summed E-state index contributed by atoms with van der Waals surface area (Å²) in [7, 11) is 0. The van der Waals surface area contributed by atoms with Crippen LogP contribution in [0.4, 0.5) is 5.69 Å². The topological polar surface area (TPSA) is 38.3 Å². The van der Waals surface area contributed by atoms with Gasteiger partial charge in [-0.2, -0.15) is 0 Å². The number of rotatable bonds is 5. The monoisotopic (exact) mass is 261 g/mol. The third-order valence-corrected chi connectivity index (χ3v) is 3.78. The minimum atomic E-state index is -0.119. The zero-order valence-corrected chi connectivity index (χ0v) is 11.7. The standard InChI is InChI=1S/C16H23NO2/c1-2-19-15(18)13-16(11-7-4-8-12-16)17-14-9-5-3-6-10-14/h3,5-6,9-10,17H,2,4,7-8,11-13H2,1H3. The lowest BCUT2D eigenvalue weighted by Gasteiger charge is -2.38. The van der Waals surface area contributed by atoms with E-state index in [0.717, 1.165) is 18.5 Å². The van der Waals surface area contributed by atoms with Crippen molar-refractivity contribution in [2.24, 2.45) is 0 Å². The molecule has 0 bridgehead atoms. The van der Waals surface area contributed by atoms with Gasteiger partial charge >= 0.3 is 5.97 Å². The van der Waals surface area contributed by atoms with Gasteiger partial charge < -0.3 is 10.1 Å². The molecule has 1 aromatic carbocycles. The fourth-order valence-corrected chi connectivity index (χ4v) is 2.89. The summed E-state index contributed by atoms with van der Waals surface area (Å²) in [4.78, 5) is 11.8. The van der Waals surface area contributed by atoms with Crippen LogP contribution in [0.25, 0.3) is 0 Å². The summed E-state index contributed by atoms with van der Waals surface area (Å²) in [5, 5.41) is 3.58. The van der Waals surface area contributed by atoms with Crippen molar-refractivity contribution in [2.45, 2.75) is 51.0 Å². The summed E-state index contributed by atoms with van der Waals surface area (Å²) >= 11 is 0. The first kappa shape index (κ1) is 13.9. The van der Waals surface area contributed by atoms with Crippen molar-refractivity contribution >= 4 is 11.7 Å². The second kappa shape index (κ2) is 6.60. The Bertz CT molecular complexity index is 396. The van der Waals surface area contributed by atoms with Crippen LogP contribution in [-0.2, 0) is 9.53 Å². The molecule has 3 heteroatoms. The summed E-state index contributed by atoms with van der Waals surface area (Å²) in [6.07, 6.45) is 6.18. The molecule has 0 aliphatic heterocycles. The molecular weight excluding hydrogens is 238 g/mol. The molecule has 0 radical (unpaired) electrons. The fraction of sp³-hybridized carbons (Fsp3) is 0.562. The van der Waals surface area contributed by atoms with E-state index in [2.05, 4.69) is 17.4 Å². The van der Waals surface area contributed by atoms with Crippen molar-refractivity contribution in [2.75, 3.05) is 11.9 Å². The molecule has 0 aromatic heterocycles. The van der Waals surface area contributed by atoms with Crippen LogP contribution in [-0.4, -0.2) is 18.1 Å². The summed E-state index contributed by atoms with van der Waals surface area (Å²) in [6, 6.07) is 10.2. The van der Waals surface area contributed by atoms with Crippen molar-refractivity contribution < 1.29 is 9.53 Å². The van der Waals surface area contributed by atoms with Crippen LogP contribution in [0.2, 0.25) is 0 Å². The largest absolute Gasteiger partial charge is 0.466 e. The second-order valence-corrected chi connectivity index (χ2v) is 5.31. The average molecular weight is 261 g/mol. The minimum absolute atomic E-state index is 0.0900. The number of nitrogens with one attached hydrogen (secondary N) is 1. The minimum Gasteiger partial charge on any atom is -0.466 e. The first-order chi connectivity index (χ1) is 9.24. The number of carbonyl (C=O) groups excluding carboxylic acids is 1. The maximum absolute atomic E-state index is 11.8. The van der Waals surface area contributed by atoms with E-state index in [1.54, 1.807) is 0 Å².